The maximum absolute atomic E-state index is 2.42. The lowest BCUT2D eigenvalue weighted by molar-refractivity contribution is 0.333. The van der Waals surface area contributed by atoms with Gasteiger partial charge in [-0.2, -0.15) is 0 Å². The van der Waals surface area contributed by atoms with Gasteiger partial charge in [0, 0.05) is 0 Å². The summed E-state index contributed by atoms with van der Waals surface area (Å²) >= 11 is 0. The Balaban J connectivity index is 1.78. The minimum atomic E-state index is -1.67. The van der Waals surface area contributed by atoms with E-state index in [1.165, 1.54) is 47.8 Å². The van der Waals surface area contributed by atoms with E-state index in [1.807, 2.05) is 0 Å². The summed E-state index contributed by atoms with van der Waals surface area (Å²) < 4.78 is 0. The van der Waals surface area contributed by atoms with Crippen molar-refractivity contribution in [3.63, 3.8) is 0 Å². The molecule has 0 nitrogen and oxygen atoms in total. The molecule has 1 fully saturated rings. The van der Waals surface area contributed by atoms with Gasteiger partial charge in [-0.1, -0.05) is 66.7 Å². The van der Waals surface area contributed by atoms with Gasteiger partial charge in [-0.25, -0.2) is 0 Å². The summed E-state index contributed by atoms with van der Waals surface area (Å²) in [5.41, 5.74) is 0. The molecule has 1 heteroatoms. The molecule has 0 heterocycles. The van der Waals surface area contributed by atoms with Crippen LogP contribution in [0.3, 0.4) is 0 Å². The third kappa shape index (κ3) is 4.39. The normalized spacial score (nSPS) is 20.0. The van der Waals surface area contributed by atoms with Gasteiger partial charge >= 0.3 is 0 Å². The van der Waals surface area contributed by atoms with Crippen molar-refractivity contribution in [1.82, 2.24) is 0 Å². The molecule has 0 unspecified atom stereocenters. The van der Waals surface area contributed by atoms with Crippen LogP contribution < -0.4 is 15.9 Å². The first-order valence-corrected chi connectivity index (χ1v) is 13.0. The third-order valence-electron chi connectivity index (χ3n) is 6.48. The van der Waals surface area contributed by atoms with E-state index in [4.69, 9.17) is 0 Å². The molecular formula is C28H32P+. The van der Waals surface area contributed by atoms with E-state index in [1.54, 1.807) is 0 Å². The van der Waals surface area contributed by atoms with E-state index in [9.17, 15) is 0 Å². The topological polar surface area (TPSA) is 0 Å². The van der Waals surface area contributed by atoms with Crippen molar-refractivity contribution in [3.8, 4) is 0 Å². The Morgan fingerprint density at radius 2 is 1.07 bits per heavy atom. The molecule has 0 spiro atoms. The van der Waals surface area contributed by atoms with Gasteiger partial charge in [0.05, 0.1) is 6.16 Å². The van der Waals surface area contributed by atoms with Gasteiger partial charge in [-0.05, 0) is 80.8 Å². The number of allylic oxidation sites excluding steroid dienone is 2. The predicted molar refractivity (Wildman–Crippen MR) is 130 cm³/mol. The van der Waals surface area contributed by atoms with E-state index in [-0.39, 0.29) is 0 Å². The van der Waals surface area contributed by atoms with E-state index in [0.29, 0.717) is 0 Å². The van der Waals surface area contributed by atoms with Gasteiger partial charge in [-0.15, -0.1) is 0 Å². The summed E-state index contributed by atoms with van der Waals surface area (Å²) in [5.74, 6) is 1.58. The van der Waals surface area contributed by atoms with Crippen LogP contribution in [0.4, 0.5) is 0 Å². The molecule has 0 amide bonds. The molecule has 1 saturated carbocycles. The molecule has 0 aromatic heterocycles. The monoisotopic (exact) mass is 399 g/mol. The van der Waals surface area contributed by atoms with E-state index < -0.39 is 7.26 Å². The molecule has 3 aromatic rings. The third-order valence-corrected chi connectivity index (χ3v) is 11.1. The van der Waals surface area contributed by atoms with Crippen LogP contribution in [0.1, 0.15) is 32.6 Å². The average Bonchev–Trinajstić information content (AvgIpc) is 2.80. The summed E-state index contributed by atoms with van der Waals surface area (Å²) in [5, 5.41) is 4.56. The summed E-state index contributed by atoms with van der Waals surface area (Å²) in [6.07, 6.45) is 11.3. The van der Waals surface area contributed by atoms with Crippen LogP contribution >= 0.6 is 7.26 Å². The van der Waals surface area contributed by atoms with Crippen LogP contribution in [0.2, 0.25) is 0 Å². The number of hydrogen-bond donors (Lipinski definition) is 0. The van der Waals surface area contributed by atoms with Gasteiger partial charge in [0.2, 0.25) is 0 Å². The molecular weight excluding hydrogens is 367 g/mol. The van der Waals surface area contributed by atoms with E-state index in [0.717, 1.165) is 11.8 Å². The quantitative estimate of drug-likeness (QED) is 0.334. The highest BCUT2D eigenvalue weighted by Crippen LogP contribution is 2.58. The fourth-order valence-corrected chi connectivity index (χ4v) is 9.74. The Morgan fingerprint density at radius 1 is 0.655 bits per heavy atom. The number of benzene rings is 3. The fourth-order valence-electron chi connectivity index (χ4n) is 5.03. The molecule has 0 bridgehead atoms. The summed E-state index contributed by atoms with van der Waals surface area (Å²) in [4.78, 5) is 0. The molecule has 0 saturated heterocycles. The Bertz CT molecular complexity index is 794. The first-order chi connectivity index (χ1) is 14.3. The Labute approximate surface area is 177 Å². The van der Waals surface area contributed by atoms with Crippen LogP contribution in [-0.4, -0.2) is 6.16 Å². The standard InChI is InChI=1S/C28H32P/c1-2-12-24-19-21-25(22-20-24)23-29(26-13-6-3-7-14-26,27-15-8-4-9-16-27)28-17-10-5-11-18-28/h2-18,24-25H,19-23H2,1H3/q+1/b12-2+. The van der Waals surface area contributed by atoms with Crippen LogP contribution in [0.15, 0.2) is 103 Å². The fraction of sp³-hybridized carbons (Fsp3) is 0.286. The van der Waals surface area contributed by atoms with Gasteiger partial charge in [0.1, 0.15) is 23.2 Å². The zero-order valence-electron chi connectivity index (χ0n) is 17.5. The van der Waals surface area contributed by atoms with Crippen molar-refractivity contribution < 1.29 is 0 Å². The van der Waals surface area contributed by atoms with E-state index in [2.05, 4.69) is 110 Å². The first kappa shape index (κ1) is 20.1. The van der Waals surface area contributed by atoms with Crippen molar-refractivity contribution in [2.45, 2.75) is 32.6 Å². The largest absolute Gasteiger partial charge is 0.112 e. The van der Waals surface area contributed by atoms with Crippen LogP contribution in [-0.2, 0) is 0 Å². The van der Waals surface area contributed by atoms with Crippen molar-refractivity contribution in [3.05, 3.63) is 103 Å². The number of rotatable bonds is 6. The molecule has 0 aliphatic heterocycles. The maximum atomic E-state index is 2.42. The summed E-state index contributed by atoms with van der Waals surface area (Å²) in [6.45, 7) is 2.16. The SMILES string of the molecule is C/C=C/C1CCC(C[P+](c2ccccc2)(c2ccccc2)c2ccccc2)CC1. The molecule has 4 rings (SSSR count). The van der Waals surface area contributed by atoms with Gasteiger partial charge in [-0.3, -0.25) is 0 Å². The lowest BCUT2D eigenvalue weighted by atomic mass is 9.83. The average molecular weight is 400 g/mol. The molecule has 3 aromatic carbocycles. The molecule has 29 heavy (non-hydrogen) atoms. The molecule has 148 valence electrons. The maximum Gasteiger partial charge on any atom is 0.112 e. The highest BCUT2D eigenvalue weighted by atomic mass is 31.2. The first-order valence-electron chi connectivity index (χ1n) is 11.0. The highest BCUT2D eigenvalue weighted by Gasteiger charge is 2.47. The second-order valence-corrected chi connectivity index (χ2v) is 11.8. The summed E-state index contributed by atoms with van der Waals surface area (Å²) in [7, 11) is -1.67. The zero-order chi connectivity index (χ0) is 19.9. The highest BCUT2D eigenvalue weighted by molar-refractivity contribution is 7.95. The second kappa shape index (κ2) is 9.55. The van der Waals surface area contributed by atoms with Gasteiger partial charge < -0.3 is 0 Å². The smallest absolute Gasteiger partial charge is 0.0914 e. The van der Waals surface area contributed by atoms with E-state index >= 15 is 0 Å². The Morgan fingerprint density at radius 3 is 1.45 bits per heavy atom. The predicted octanol–water partition coefficient (Wildman–Crippen LogP) is 6.36. The summed E-state index contributed by atoms with van der Waals surface area (Å²) in [6, 6.07) is 34.0. The van der Waals surface area contributed by atoms with Crippen molar-refractivity contribution in [2.24, 2.45) is 11.8 Å². The number of hydrogen-bond acceptors (Lipinski definition) is 0. The van der Waals surface area contributed by atoms with Crippen molar-refractivity contribution >= 4 is 23.2 Å². The second-order valence-electron chi connectivity index (χ2n) is 8.31. The van der Waals surface area contributed by atoms with Crippen LogP contribution in [0, 0.1) is 11.8 Å². The van der Waals surface area contributed by atoms with Gasteiger partial charge in [0.15, 0.2) is 0 Å². The lowest BCUT2D eigenvalue weighted by Gasteiger charge is -2.34. The molecule has 1 aliphatic rings. The minimum Gasteiger partial charge on any atom is -0.0914 e. The molecule has 1 aliphatic carbocycles. The van der Waals surface area contributed by atoms with Crippen molar-refractivity contribution in [1.29, 1.82) is 0 Å². The Hall–Kier alpha value is -2.17. The van der Waals surface area contributed by atoms with Crippen molar-refractivity contribution in [2.75, 3.05) is 6.16 Å². The Kier molecular flexibility index (Phi) is 6.63. The molecule has 0 N–H and O–H groups in total. The zero-order valence-corrected chi connectivity index (χ0v) is 18.3. The minimum absolute atomic E-state index is 0.786. The van der Waals surface area contributed by atoms with Gasteiger partial charge in [0.25, 0.3) is 0 Å². The van der Waals surface area contributed by atoms with Crippen LogP contribution in [0.25, 0.3) is 0 Å². The van der Waals surface area contributed by atoms with Crippen LogP contribution in [0.5, 0.6) is 0 Å². The molecule has 0 atom stereocenters. The molecule has 0 radical (unpaired) electrons. The lowest BCUT2D eigenvalue weighted by Crippen LogP contribution is -2.36.